The van der Waals surface area contributed by atoms with Crippen LogP contribution in [0.4, 0.5) is 5.69 Å². The number of nitro groups is 1. The van der Waals surface area contributed by atoms with E-state index in [0.717, 1.165) is 17.6 Å². The molecule has 0 radical (unpaired) electrons. The largest absolute Gasteiger partial charge is 0.474 e. The van der Waals surface area contributed by atoms with Gasteiger partial charge >= 0.3 is 0 Å². The standard InChI is InChI=1S/C21H27N3O4/c1-8-13(4)28-21-17(11-22-23(21)7)20(25)16-9-10-18(24(26)27)19(15(16)6)14(5)12(2)3/h9-11,13H,8H2,1-7H3. The zero-order chi connectivity index (χ0) is 21.2. The third kappa shape index (κ3) is 3.98. The summed E-state index contributed by atoms with van der Waals surface area (Å²) >= 11 is 0. The Morgan fingerprint density at radius 1 is 1.29 bits per heavy atom. The highest BCUT2D eigenvalue weighted by atomic mass is 16.6. The van der Waals surface area contributed by atoms with Crippen LogP contribution in [0.1, 0.15) is 68.1 Å². The minimum Gasteiger partial charge on any atom is -0.474 e. The molecule has 0 aliphatic rings. The fraction of sp³-hybridized carbons (Fsp3) is 0.429. The SMILES string of the molecule is CCC(C)Oc1c(C(=O)c2ccc([N+](=O)[O-])c(C(C)=C(C)C)c2C)cnn1C. The predicted molar refractivity (Wildman–Crippen MR) is 109 cm³/mol. The molecule has 1 atom stereocenters. The van der Waals surface area contributed by atoms with Gasteiger partial charge in [0.1, 0.15) is 5.56 Å². The van der Waals surface area contributed by atoms with Crippen molar-refractivity contribution in [1.29, 1.82) is 0 Å². The fourth-order valence-electron chi connectivity index (χ4n) is 2.96. The Hall–Kier alpha value is -2.96. The number of ketones is 1. The molecule has 1 aromatic heterocycles. The molecule has 7 heteroatoms. The Bertz CT molecular complexity index is 953. The fourth-order valence-corrected chi connectivity index (χ4v) is 2.96. The number of nitrogens with zero attached hydrogens (tertiary/aromatic N) is 3. The van der Waals surface area contributed by atoms with Gasteiger partial charge in [-0.05, 0) is 58.2 Å². The van der Waals surface area contributed by atoms with Crippen LogP contribution in [0.5, 0.6) is 5.88 Å². The second-order valence-corrected chi connectivity index (χ2v) is 7.17. The number of carbonyl (C=O) groups is 1. The third-order valence-corrected chi connectivity index (χ3v) is 5.03. The molecular formula is C21H27N3O4. The van der Waals surface area contributed by atoms with E-state index in [1.54, 1.807) is 14.0 Å². The summed E-state index contributed by atoms with van der Waals surface area (Å²) in [4.78, 5) is 24.4. The van der Waals surface area contributed by atoms with Crippen molar-refractivity contribution in [3.63, 3.8) is 0 Å². The number of hydrogen-bond acceptors (Lipinski definition) is 5. The van der Waals surface area contributed by atoms with Gasteiger partial charge < -0.3 is 4.74 Å². The van der Waals surface area contributed by atoms with Gasteiger partial charge in [0, 0.05) is 18.7 Å². The first kappa shape index (κ1) is 21.3. The Morgan fingerprint density at radius 3 is 2.46 bits per heavy atom. The van der Waals surface area contributed by atoms with Crippen LogP contribution in [0.15, 0.2) is 23.9 Å². The predicted octanol–water partition coefficient (Wildman–Crippen LogP) is 4.86. The maximum Gasteiger partial charge on any atom is 0.277 e. The van der Waals surface area contributed by atoms with Gasteiger partial charge in [-0.3, -0.25) is 14.9 Å². The number of benzene rings is 1. The molecular weight excluding hydrogens is 358 g/mol. The molecule has 0 spiro atoms. The van der Waals surface area contributed by atoms with Gasteiger partial charge in [0.05, 0.1) is 22.8 Å². The topological polar surface area (TPSA) is 87.3 Å². The average molecular weight is 385 g/mol. The van der Waals surface area contributed by atoms with Gasteiger partial charge in [0.25, 0.3) is 5.69 Å². The number of hydrogen-bond donors (Lipinski definition) is 0. The summed E-state index contributed by atoms with van der Waals surface area (Å²) in [5, 5.41) is 15.7. The molecule has 7 nitrogen and oxygen atoms in total. The van der Waals surface area contributed by atoms with Gasteiger partial charge in [-0.2, -0.15) is 5.10 Å². The van der Waals surface area contributed by atoms with E-state index < -0.39 is 4.92 Å². The minimum absolute atomic E-state index is 0.00462. The smallest absolute Gasteiger partial charge is 0.277 e. The molecule has 150 valence electrons. The van der Waals surface area contributed by atoms with Crippen LogP contribution in [0.2, 0.25) is 0 Å². The molecule has 1 heterocycles. The van der Waals surface area contributed by atoms with Gasteiger partial charge in [0.15, 0.2) is 5.78 Å². The van der Waals surface area contributed by atoms with E-state index in [4.69, 9.17) is 4.74 Å². The van der Waals surface area contributed by atoms with Crippen molar-refractivity contribution in [2.24, 2.45) is 7.05 Å². The molecule has 0 aliphatic heterocycles. The highest BCUT2D eigenvalue weighted by molar-refractivity contribution is 6.12. The van der Waals surface area contributed by atoms with Crippen molar-refractivity contribution in [3.8, 4) is 5.88 Å². The average Bonchev–Trinajstić information content (AvgIpc) is 3.00. The monoisotopic (exact) mass is 385 g/mol. The highest BCUT2D eigenvalue weighted by Gasteiger charge is 2.26. The van der Waals surface area contributed by atoms with Crippen LogP contribution in [0, 0.1) is 17.0 Å². The minimum atomic E-state index is -0.412. The van der Waals surface area contributed by atoms with Gasteiger partial charge in [-0.15, -0.1) is 0 Å². The van der Waals surface area contributed by atoms with E-state index in [1.807, 2.05) is 34.6 Å². The summed E-state index contributed by atoms with van der Waals surface area (Å²) in [6, 6.07) is 2.91. The molecule has 0 saturated heterocycles. The van der Waals surface area contributed by atoms with Gasteiger partial charge in [-0.1, -0.05) is 12.5 Å². The molecule has 1 aromatic carbocycles. The molecule has 0 amide bonds. The van der Waals surface area contributed by atoms with Gasteiger partial charge in [-0.25, -0.2) is 4.68 Å². The molecule has 0 N–H and O–H groups in total. The zero-order valence-corrected chi connectivity index (χ0v) is 17.5. The van der Waals surface area contributed by atoms with Crippen LogP contribution >= 0.6 is 0 Å². The van der Waals surface area contributed by atoms with E-state index in [-0.39, 0.29) is 17.6 Å². The van der Waals surface area contributed by atoms with Crippen LogP contribution < -0.4 is 4.74 Å². The number of ether oxygens (including phenoxy) is 1. The first-order valence-electron chi connectivity index (χ1n) is 9.25. The normalized spacial score (nSPS) is 11.8. The number of nitro benzene ring substituents is 1. The summed E-state index contributed by atoms with van der Waals surface area (Å²) in [6.45, 7) is 11.3. The van der Waals surface area contributed by atoms with Crippen LogP contribution in [-0.4, -0.2) is 26.6 Å². The summed E-state index contributed by atoms with van der Waals surface area (Å²) in [5.41, 5.74) is 3.57. The molecule has 0 fully saturated rings. The van der Waals surface area contributed by atoms with E-state index in [0.29, 0.717) is 28.1 Å². The summed E-state index contributed by atoms with van der Waals surface area (Å²) in [6.07, 6.45) is 2.21. The number of aromatic nitrogens is 2. The maximum absolute atomic E-state index is 13.3. The number of allylic oxidation sites excluding steroid dienone is 2. The van der Waals surface area contributed by atoms with E-state index in [2.05, 4.69) is 5.10 Å². The summed E-state index contributed by atoms with van der Waals surface area (Å²) < 4.78 is 7.42. The van der Waals surface area contributed by atoms with Crippen LogP contribution in [0.3, 0.4) is 0 Å². The van der Waals surface area contributed by atoms with Crippen molar-refractivity contribution in [3.05, 3.63) is 56.3 Å². The van der Waals surface area contributed by atoms with E-state index in [9.17, 15) is 14.9 Å². The Balaban J connectivity index is 2.64. The highest BCUT2D eigenvalue weighted by Crippen LogP contribution is 2.34. The van der Waals surface area contributed by atoms with Crippen molar-refractivity contribution in [2.45, 2.75) is 54.1 Å². The molecule has 2 rings (SSSR count). The van der Waals surface area contributed by atoms with Crippen LogP contribution in [-0.2, 0) is 7.05 Å². The second-order valence-electron chi connectivity index (χ2n) is 7.17. The molecule has 1 unspecified atom stereocenters. The molecule has 28 heavy (non-hydrogen) atoms. The van der Waals surface area contributed by atoms with E-state index >= 15 is 0 Å². The molecule has 0 aliphatic carbocycles. The number of carbonyl (C=O) groups excluding carboxylic acids is 1. The van der Waals surface area contributed by atoms with Gasteiger partial charge in [0.2, 0.25) is 5.88 Å². The molecule has 0 saturated carbocycles. The zero-order valence-electron chi connectivity index (χ0n) is 17.5. The number of rotatable bonds is 7. The lowest BCUT2D eigenvalue weighted by Gasteiger charge is -2.15. The summed E-state index contributed by atoms with van der Waals surface area (Å²) in [7, 11) is 1.72. The van der Waals surface area contributed by atoms with Crippen molar-refractivity contribution < 1.29 is 14.5 Å². The summed E-state index contributed by atoms with van der Waals surface area (Å²) in [5.74, 6) is 0.138. The number of aryl methyl sites for hydroxylation is 1. The first-order chi connectivity index (χ1) is 13.1. The lowest BCUT2D eigenvalue weighted by atomic mass is 9.90. The Labute approximate surface area is 165 Å². The van der Waals surface area contributed by atoms with E-state index in [1.165, 1.54) is 23.0 Å². The van der Waals surface area contributed by atoms with Crippen LogP contribution in [0.25, 0.3) is 5.57 Å². The lowest BCUT2D eigenvalue weighted by molar-refractivity contribution is -0.385. The molecule has 0 bridgehead atoms. The first-order valence-corrected chi connectivity index (χ1v) is 9.25. The maximum atomic E-state index is 13.3. The quantitative estimate of drug-likeness (QED) is 0.386. The van der Waals surface area contributed by atoms with Crippen molar-refractivity contribution in [1.82, 2.24) is 9.78 Å². The Morgan fingerprint density at radius 2 is 1.93 bits per heavy atom. The third-order valence-electron chi connectivity index (χ3n) is 5.03. The van der Waals surface area contributed by atoms with Crippen molar-refractivity contribution in [2.75, 3.05) is 0 Å². The molecule has 2 aromatic rings. The second kappa shape index (κ2) is 8.37. The Kier molecular flexibility index (Phi) is 6.38. The van der Waals surface area contributed by atoms with Crippen molar-refractivity contribution >= 4 is 17.0 Å². The lowest BCUT2D eigenvalue weighted by Crippen LogP contribution is -2.15.